The topological polar surface area (TPSA) is 26.0 Å². The van der Waals surface area contributed by atoms with Crippen molar-refractivity contribution in [2.45, 2.75) is 39.7 Å². The average Bonchev–Trinajstić information content (AvgIpc) is 1.21. The maximum Gasteiger partial charge on any atom is 1.00 e. The third-order valence-electron chi connectivity index (χ3n) is 0.934. The van der Waals surface area contributed by atoms with Gasteiger partial charge in [-0.1, -0.05) is 13.8 Å². The van der Waals surface area contributed by atoms with Crippen molar-refractivity contribution in [2.75, 3.05) is 0 Å². The molecule has 0 aliphatic carbocycles. The van der Waals surface area contributed by atoms with Crippen molar-refractivity contribution < 1.29 is 20.3 Å². The molecule has 0 aliphatic rings. The average molecular weight is 123 g/mol. The number of rotatable bonds is 2. The number of nitrogens with two attached hydrogens (primary N) is 1. The summed E-state index contributed by atoms with van der Waals surface area (Å²) in [7, 11) is 0. The van der Waals surface area contributed by atoms with Gasteiger partial charge in [0.25, 0.3) is 0 Å². The molecule has 0 aliphatic heterocycles. The van der Waals surface area contributed by atoms with Gasteiger partial charge in [-0.15, -0.1) is 0 Å². The van der Waals surface area contributed by atoms with E-state index >= 15 is 0 Å². The summed E-state index contributed by atoms with van der Waals surface area (Å²) in [5.41, 5.74) is 5.76. The molecule has 9 heavy (non-hydrogen) atoms. The molecular weight excluding hydrogens is 105 g/mol. The van der Waals surface area contributed by atoms with Crippen LogP contribution in [0, 0.1) is 5.92 Å². The summed E-state index contributed by atoms with van der Waals surface area (Å²) in [5, 5.41) is 0. The fourth-order valence-corrected chi connectivity index (χ4v) is 1.05. The first kappa shape index (κ1) is 12.3. The van der Waals surface area contributed by atoms with Crippen LogP contribution in [0.15, 0.2) is 0 Å². The zero-order chi connectivity index (χ0) is 6.78. The van der Waals surface area contributed by atoms with Crippen LogP contribution < -0.4 is 24.6 Å². The molecule has 0 saturated carbocycles. The van der Waals surface area contributed by atoms with E-state index in [1.807, 2.05) is 0 Å². The largest absolute Gasteiger partial charge is 1.00 e. The second-order valence-corrected chi connectivity index (χ2v) is 3.59. The minimum atomic E-state index is 0. The molecule has 0 aromatic heterocycles. The van der Waals surface area contributed by atoms with E-state index < -0.39 is 0 Å². The van der Waals surface area contributed by atoms with Gasteiger partial charge in [0.05, 0.1) is 0 Å². The third kappa shape index (κ3) is 11.9. The molecule has 0 aromatic rings. The summed E-state index contributed by atoms with van der Waals surface area (Å²) in [6.07, 6.45) is 1.10. The van der Waals surface area contributed by atoms with E-state index in [1.165, 1.54) is 0 Å². The summed E-state index contributed by atoms with van der Waals surface area (Å²) >= 11 is 0. The van der Waals surface area contributed by atoms with E-state index in [4.69, 9.17) is 5.73 Å². The molecule has 0 atom stereocenters. The zero-order valence-corrected chi connectivity index (χ0v) is 7.36. The molecule has 0 unspecified atom stereocenters. The van der Waals surface area contributed by atoms with Crippen LogP contribution in [0.3, 0.4) is 0 Å². The number of hydrogen-bond acceptors (Lipinski definition) is 1. The molecule has 0 radical (unpaired) electrons. The first-order valence-corrected chi connectivity index (χ1v) is 3.21. The normalized spacial score (nSPS) is 11.3. The predicted octanol–water partition coefficient (Wildman–Crippen LogP) is -1.11. The van der Waals surface area contributed by atoms with Gasteiger partial charge in [0.1, 0.15) is 0 Å². The smallest absolute Gasteiger partial charge is 1.00 e. The van der Waals surface area contributed by atoms with E-state index in [1.54, 1.807) is 0 Å². The van der Waals surface area contributed by atoms with Crippen LogP contribution in [0.25, 0.3) is 0 Å². The molecular formula is C7H18LiN. The summed E-state index contributed by atoms with van der Waals surface area (Å²) in [6.45, 7) is 8.50. The van der Waals surface area contributed by atoms with E-state index in [9.17, 15) is 0 Å². The Kier molecular flexibility index (Phi) is 5.97. The summed E-state index contributed by atoms with van der Waals surface area (Å²) < 4.78 is 0. The molecule has 0 spiro atoms. The van der Waals surface area contributed by atoms with Crippen molar-refractivity contribution in [1.29, 1.82) is 0 Å². The van der Waals surface area contributed by atoms with Crippen LogP contribution in [0.4, 0.5) is 0 Å². The maximum absolute atomic E-state index is 5.74. The first-order valence-electron chi connectivity index (χ1n) is 3.21. The Morgan fingerprint density at radius 2 is 1.78 bits per heavy atom. The molecule has 1 nitrogen and oxygen atoms in total. The van der Waals surface area contributed by atoms with Gasteiger partial charge in [0.2, 0.25) is 0 Å². The Balaban J connectivity index is -0.000000245. The van der Waals surface area contributed by atoms with Crippen LogP contribution >= 0.6 is 0 Å². The van der Waals surface area contributed by atoms with Crippen LogP contribution in [-0.2, 0) is 0 Å². The number of hydrogen-bond donors (Lipinski definition) is 1. The molecule has 0 heterocycles. The summed E-state index contributed by atoms with van der Waals surface area (Å²) in [6, 6.07) is 0. The molecule has 2 heteroatoms. The fraction of sp³-hybridized carbons (Fsp3) is 1.00. The second kappa shape index (κ2) is 4.39. The third-order valence-corrected chi connectivity index (χ3v) is 0.934. The molecule has 0 bridgehead atoms. The predicted molar refractivity (Wildman–Crippen MR) is 38.8 cm³/mol. The maximum atomic E-state index is 5.74. The van der Waals surface area contributed by atoms with Crippen LogP contribution in [0.2, 0.25) is 0 Å². The van der Waals surface area contributed by atoms with Gasteiger partial charge in [-0.25, -0.2) is 0 Å². The van der Waals surface area contributed by atoms with Gasteiger partial charge in [-0.2, -0.15) is 0 Å². The quantitative estimate of drug-likeness (QED) is 0.463. The second-order valence-electron chi connectivity index (χ2n) is 3.59. The van der Waals surface area contributed by atoms with E-state index in [-0.39, 0.29) is 25.8 Å². The van der Waals surface area contributed by atoms with Gasteiger partial charge >= 0.3 is 18.9 Å². The molecule has 0 aromatic carbocycles. The molecule has 2 N–H and O–H groups in total. The van der Waals surface area contributed by atoms with Crippen molar-refractivity contribution in [3.05, 3.63) is 0 Å². The molecule has 52 valence electrons. The van der Waals surface area contributed by atoms with Crippen LogP contribution in [0.1, 0.15) is 35.5 Å². The van der Waals surface area contributed by atoms with Crippen LogP contribution in [-0.4, -0.2) is 5.54 Å². The van der Waals surface area contributed by atoms with Crippen molar-refractivity contribution in [3.63, 3.8) is 0 Å². The minimum absolute atomic E-state index is 0. The standard InChI is InChI=1S/C7H17N.Li.H/c1-6(2)5-7(3,4)8;;/h6H,5,8H2,1-4H3;;/q;+1;-1. The zero-order valence-electron chi connectivity index (χ0n) is 8.36. The molecule has 0 fully saturated rings. The Bertz CT molecular complexity index is 68.5. The Morgan fingerprint density at radius 1 is 1.44 bits per heavy atom. The Morgan fingerprint density at radius 3 is 1.78 bits per heavy atom. The van der Waals surface area contributed by atoms with Gasteiger partial charge in [-0.3, -0.25) is 0 Å². The Labute approximate surface area is 72.1 Å². The van der Waals surface area contributed by atoms with E-state index in [0.717, 1.165) is 12.3 Å². The van der Waals surface area contributed by atoms with E-state index in [0.29, 0.717) is 0 Å². The van der Waals surface area contributed by atoms with Gasteiger partial charge in [0.15, 0.2) is 0 Å². The minimum Gasteiger partial charge on any atom is -1.00 e. The van der Waals surface area contributed by atoms with Crippen molar-refractivity contribution in [3.8, 4) is 0 Å². The monoisotopic (exact) mass is 123 g/mol. The van der Waals surface area contributed by atoms with Gasteiger partial charge < -0.3 is 7.16 Å². The van der Waals surface area contributed by atoms with Crippen molar-refractivity contribution >= 4 is 0 Å². The first-order chi connectivity index (χ1) is 3.42. The fourth-order valence-electron chi connectivity index (χ4n) is 1.05. The molecule has 0 rings (SSSR count). The summed E-state index contributed by atoms with van der Waals surface area (Å²) in [4.78, 5) is 0. The molecule has 0 amide bonds. The Hall–Kier alpha value is 0.557. The van der Waals surface area contributed by atoms with Crippen molar-refractivity contribution in [1.82, 2.24) is 0 Å². The van der Waals surface area contributed by atoms with Crippen molar-refractivity contribution in [2.24, 2.45) is 11.7 Å². The van der Waals surface area contributed by atoms with Crippen LogP contribution in [0.5, 0.6) is 0 Å². The molecule has 0 saturated heterocycles. The SMILES string of the molecule is CC(C)CC(C)(C)N.[H-].[Li+]. The van der Waals surface area contributed by atoms with Gasteiger partial charge in [0, 0.05) is 5.54 Å². The van der Waals surface area contributed by atoms with E-state index in [2.05, 4.69) is 27.7 Å². The van der Waals surface area contributed by atoms with Gasteiger partial charge in [-0.05, 0) is 26.2 Å². The summed E-state index contributed by atoms with van der Waals surface area (Å²) in [5.74, 6) is 0.718.